The number of ether oxygens (including phenoxy) is 1. The van der Waals surface area contributed by atoms with E-state index in [0.717, 1.165) is 5.56 Å². The van der Waals surface area contributed by atoms with E-state index >= 15 is 0 Å². The smallest absolute Gasteiger partial charge is 0.321 e. The molecule has 0 amide bonds. The molecule has 0 bridgehead atoms. The van der Waals surface area contributed by atoms with Gasteiger partial charge in [-0.15, -0.1) is 0 Å². The van der Waals surface area contributed by atoms with Crippen molar-refractivity contribution in [2.45, 2.75) is 51.5 Å². The highest BCUT2D eigenvalue weighted by atomic mass is 32.2. The summed E-state index contributed by atoms with van der Waals surface area (Å²) in [4.78, 5) is 12.1. The summed E-state index contributed by atoms with van der Waals surface area (Å²) in [5.74, 6) is -0.545. The molecule has 0 N–H and O–H groups in total. The summed E-state index contributed by atoms with van der Waals surface area (Å²) in [6.07, 6.45) is 0.619. The van der Waals surface area contributed by atoms with E-state index in [9.17, 15) is 13.2 Å². The van der Waals surface area contributed by atoms with Crippen LogP contribution in [0.1, 0.15) is 39.7 Å². The Morgan fingerprint density at radius 1 is 1.18 bits per heavy atom. The second-order valence-electron chi connectivity index (χ2n) is 6.24. The van der Waals surface area contributed by atoms with Crippen molar-refractivity contribution in [2.75, 3.05) is 13.1 Å². The number of rotatable bonds is 6. The summed E-state index contributed by atoms with van der Waals surface area (Å²) in [6.45, 7) is 9.01. The van der Waals surface area contributed by atoms with Crippen LogP contribution in [0.4, 0.5) is 0 Å². The molecule has 6 heteroatoms. The van der Waals surface area contributed by atoms with E-state index in [1.54, 1.807) is 45.0 Å². The molecule has 1 aromatic carbocycles. The fourth-order valence-corrected chi connectivity index (χ4v) is 3.39. The van der Waals surface area contributed by atoms with Crippen LogP contribution >= 0.6 is 0 Å². The SMILES string of the molecule is CCCN(CC(=O)OC(C)(C)C)S(=O)(=O)c1ccc(C)cc1. The quantitative estimate of drug-likeness (QED) is 0.754. The second kappa shape index (κ2) is 7.24. The highest BCUT2D eigenvalue weighted by Gasteiger charge is 2.28. The van der Waals surface area contributed by atoms with Gasteiger partial charge >= 0.3 is 5.97 Å². The summed E-state index contributed by atoms with van der Waals surface area (Å²) in [5.41, 5.74) is 0.343. The molecule has 0 unspecified atom stereocenters. The number of esters is 1. The van der Waals surface area contributed by atoms with Crippen LogP contribution in [0.25, 0.3) is 0 Å². The molecule has 1 rings (SSSR count). The van der Waals surface area contributed by atoms with Crippen molar-refractivity contribution in [3.8, 4) is 0 Å². The molecule has 0 saturated carbocycles. The van der Waals surface area contributed by atoms with Gasteiger partial charge in [0.2, 0.25) is 10.0 Å². The second-order valence-corrected chi connectivity index (χ2v) is 8.18. The third-order valence-electron chi connectivity index (χ3n) is 2.86. The number of aryl methyl sites for hydroxylation is 1. The summed E-state index contributed by atoms with van der Waals surface area (Å²) in [7, 11) is -3.70. The normalized spacial score (nSPS) is 12.5. The summed E-state index contributed by atoms with van der Waals surface area (Å²) in [6, 6.07) is 6.60. The lowest BCUT2D eigenvalue weighted by Crippen LogP contribution is -2.39. The van der Waals surface area contributed by atoms with E-state index in [-0.39, 0.29) is 18.0 Å². The fraction of sp³-hybridized carbons (Fsp3) is 0.562. The van der Waals surface area contributed by atoms with Gasteiger partial charge in [-0.05, 0) is 46.2 Å². The zero-order valence-electron chi connectivity index (χ0n) is 13.9. The van der Waals surface area contributed by atoms with Crippen molar-refractivity contribution < 1.29 is 17.9 Å². The maximum Gasteiger partial charge on any atom is 0.321 e. The minimum atomic E-state index is -3.70. The van der Waals surface area contributed by atoms with E-state index in [0.29, 0.717) is 6.42 Å². The molecule has 0 aromatic heterocycles. The number of nitrogens with zero attached hydrogens (tertiary/aromatic N) is 1. The average Bonchev–Trinajstić information content (AvgIpc) is 2.36. The number of carbonyl (C=O) groups is 1. The number of hydrogen-bond acceptors (Lipinski definition) is 4. The molecule has 5 nitrogen and oxygen atoms in total. The summed E-state index contributed by atoms with van der Waals surface area (Å²) >= 11 is 0. The minimum Gasteiger partial charge on any atom is -0.459 e. The number of hydrogen-bond donors (Lipinski definition) is 0. The summed E-state index contributed by atoms with van der Waals surface area (Å²) in [5, 5.41) is 0. The van der Waals surface area contributed by atoms with Gasteiger partial charge < -0.3 is 4.74 Å². The van der Waals surface area contributed by atoms with Gasteiger partial charge in [-0.2, -0.15) is 4.31 Å². The topological polar surface area (TPSA) is 63.7 Å². The van der Waals surface area contributed by atoms with Crippen LogP contribution in [0, 0.1) is 6.92 Å². The van der Waals surface area contributed by atoms with Gasteiger partial charge in [0.15, 0.2) is 0 Å². The highest BCUT2D eigenvalue weighted by Crippen LogP contribution is 2.17. The standard InChI is InChI=1S/C16H25NO4S/c1-6-11-17(12-15(18)21-16(3,4)5)22(19,20)14-9-7-13(2)8-10-14/h7-10H,6,11-12H2,1-5H3. The van der Waals surface area contributed by atoms with Crippen molar-refractivity contribution >= 4 is 16.0 Å². The van der Waals surface area contributed by atoms with Gasteiger partial charge in [0.25, 0.3) is 0 Å². The molecule has 0 aliphatic heterocycles. The molecule has 0 aliphatic rings. The Labute approximate surface area is 133 Å². The van der Waals surface area contributed by atoms with E-state index in [4.69, 9.17) is 4.74 Å². The Bertz CT molecular complexity index is 600. The van der Waals surface area contributed by atoms with Crippen LogP contribution in [-0.4, -0.2) is 37.4 Å². The Morgan fingerprint density at radius 3 is 2.18 bits per heavy atom. The minimum absolute atomic E-state index is 0.190. The molecular formula is C16H25NO4S. The zero-order valence-corrected chi connectivity index (χ0v) is 14.7. The molecule has 1 aromatic rings. The van der Waals surface area contributed by atoms with E-state index in [1.165, 1.54) is 4.31 Å². The Hall–Kier alpha value is -1.40. The van der Waals surface area contributed by atoms with E-state index < -0.39 is 21.6 Å². The lowest BCUT2D eigenvalue weighted by atomic mass is 10.2. The van der Waals surface area contributed by atoms with Gasteiger partial charge in [-0.25, -0.2) is 8.42 Å². The molecule has 0 aliphatic carbocycles. The molecule has 0 radical (unpaired) electrons. The lowest BCUT2D eigenvalue weighted by molar-refractivity contribution is -0.154. The monoisotopic (exact) mass is 327 g/mol. The largest absolute Gasteiger partial charge is 0.459 e. The van der Waals surface area contributed by atoms with Gasteiger partial charge in [-0.1, -0.05) is 24.6 Å². The molecule has 0 spiro atoms. The maximum atomic E-state index is 12.7. The van der Waals surface area contributed by atoms with Crippen molar-refractivity contribution in [3.05, 3.63) is 29.8 Å². The predicted octanol–water partition coefficient (Wildman–Crippen LogP) is 2.74. The first-order valence-electron chi connectivity index (χ1n) is 7.35. The van der Waals surface area contributed by atoms with Crippen molar-refractivity contribution in [1.82, 2.24) is 4.31 Å². The Balaban J connectivity index is 2.98. The molecule has 124 valence electrons. The molecular weight excluding hydrogens is 302 g/mol. The predicted molar refractivity (Wildman–Crippen MR) is 86.1 cm³/mol. The lowest BCUT2D eigenvalue weighted by Gasteiger charge is -2.24. The number of carbonyl (C=O) groups excluding carboxylic acids is 1. The fourth-order valence-electron chi connectivity index (χ4n) is 1.91. The van der Waals surface area contributed by atoms with Crippen LogP contribution < -0.4 is 0 Å². The first kappa shape index (κ1) is 18.6. The highest BCUT2D eigenvalue weighted by molar-refractivity contribution is 7.89. The molecule has 0 atom stereocenters. The van der Waals surface area contributed by atoms with Gasteiger partial charge in [0, 0.05) is 6.54 Å². The first-order valence-corrected chi connectivity index (χ1v) is 8.79. The van der Waals surface area contributed by atoms with Crippen LogP contribution in [0.5, 0.6) is 0 Å². The van der Waals surface area contributed by atoms with Crippen LogP contribution in [-0.2, 0) is 19.6 Å². The van der Waals surface area contributed by atoms with Crippen LogP contribution in [0.3, 0.4) is 0 Å². The third-order valence-corrected chi connectivity index (χ3v) is 4.72. The molecule has 22 heavy (non-hydrogen) atoms. The van der Waals surface area contributed by atoms with Crippen molar-refractivity contribution in [2.24, 2.45) is 0 Å². The third kappa shape index (κ3) is 5.42. The average molecular weight is 327 g/mol. The van der Waals surface area contributed by atoms with E-state index in [2.05, 4.69) is 0 Å². The Kier molecular flexibility index (Phi) is 6.14. The number of sulfonamides is 1. The summed E-state index contributed by atoms with van der Waals surface area (Å²) < 4.78 is 31.7. The zero-order chi connectivity index (χ0) is 17.0. The van der Waals surface area contributed by atoms with E-state index in [1.807, 2.05) is 13.8 Å². The first-order chi connectivity index (χ1) is 10.1. The Morgan fingerprint density at radius 2 is 1.73 bits per heavy atom. The maximum absolute atomic E-state index is 12.7. The van der Waals surface area contributed by atoms with Crippen molar-refractivity contribution in [1.29, 1.82) is 0 Å². The number of benzene rings is 1. The van der Waals surface area contributed by atoms with Gasteiger partial charge in [0.05, 0.1) is 4.90 Å². The van der Waals surface area contributed by atoms with Crippen molar-refractivity contribution in [3.63, 3.8) is 0 Å². The molecule has 0 fully saturated rings. The molecule has 0 heterocycles. The van der Waals surface area contributed by atoms with Gasteiger partial charge in [0.1, 0.15) is 12.1 Å². The van der Waals surface area contributed by atoms with Crippen LogP contribution in [0.2, 0.25) is 0 Å². The van der Waals surface area contributed by atoms with Crippen LogP contribution in [0.15, 0.2) is 29.2 Å². The molecule has 0 saturated heterocycles. The van der Waals surface area contributed by atoms with Gasteiger partial charge in [-0.3, -0.25) is 4.79 Å².